The molecule has 1 aliphatic rings. The van der Waals surface area contributed by atoms with Crippen molar-refractivity contribution in [2.45, 2.75) is 39.3 Å². The third kappa shape index (κ3) is 3.56. The van der Waals surface area contributed by atoms with Crippen molar-refractivity contribution in [1.29, 1.82) is 0 Å². The summed E-state index contributed by atoms with van der Waals surface area (Å²) in [6.45, 7) is 9.34. The third-order valence-electron chi connectivity index (χ3n) is 3.94. The zero-order valence-electron chi connectivity index (χ0n) is 12.5. The predicted octanol–water partition coefficient (Wildman–Crippen LogP) is 2.25. The third-order valence-corrected chi connectivity index (χ3v) is 3.94. The minimum absolute atomic E-state index is 0.311. The molecule has 0 amide bonds. The Morgan fingerprint density at radius 2 is 2.00 bits per heavy atom. The number of hydrogen-bond acceptors (Lipinski definition) is 3. The van der Waals surface area contributed by atoms with E-state index in [4.69, 9.17) is 4.74 Å². The van der Waals surface area contributed by atoms with E-state index in [-0.39, 0.29) is 0 Å². The number of hydrogen-bond donors (Lipinski definition) is 2. The minimum Gasteiger partial charge on any atom is -0.376 e. The first kappa shape index (κ1) is 14.5. The molecule has 1 saturated heterocycles. The van der Waals surface area contributed by atoms with Gasteiger partial charge in [0.1, 0.15) is 0 Å². The SMILES string of the molecule is CNC(CC1CNCCO1)c1c(C)cc(C)cc1C. The molecule has 1 fully saturated rings. The number of ether oxygens (including phenoxy) is 1. The second-order valence-corrected chi connectivity index (χ2v) is 5.59. The number of rotatable bonds is 4. The Labute approximate surface area is 116 Å². The van der Waals surface area contributed by atoms with Gasteiger partial charge in [-0.05, 0) is 50.9 Å². The lowest BCUT2D eigenvalue weighted by molar-refractivity contribution is 0.0175. The van der Waals surface area contributed by atoms with Crippen LogP contribution in [-0.4, -0.2) is 32.8 Å². The van der Waals surface area contributed by atoms with E-state index in [1.54, 1.807) is 0 Å². The number of aryl methyl sites for hydroxylation is 3. The Bertz CT molecular complexity index is 402. The topological polar surface area (TPSA) is 33.3 Å². The molecular weight excluding hydrogens is 236 g/mol. The molecule has 0 bridgehead atoms. The van der Waals surface area contributed by atoms with Gasteiger partial charge in [0.15, 0.2) is 0 Å². The Kier molecular flexibility index (Phi) is 4.97. The van der Waals surface area contributed by atoms with E-state index in [9.17, 15) is 0 Å². The van der Waals surface area contributed by atoms with E-state index in [1.165, 1.54) is 22.3 Å². The van der Waals surface area contributed by atoms with Gasteiger partial charge in [0.25, 0.3) is 0 Å². The second kappa shape index (κ2) is 6.51. The van der Waals surface area contributed by atoms with E-state index in [0.29, 0.717) is 12.1 Å². The number of morpholine rings is 1. The van der Waals surface area contributed by atoms with Crippen molar-refractivity contribution in [3.8, 4) is 0 Å². The summed E-state index contributed by atoms with van der Waals surface area (Å²) in [4.78, 5) is 0. The lowest BCUT2D eigenvalue weighted by Crippen LogP contribution is -2.40. The van der Waals surface area contributed by atoms with Crippen molar-refractivity contribution < 1.29 is 4.74 Å². The molecule has 106 valence electrons. The Morgan fingerprint density at radius 3 is 2.53 bits per heavy atom. The summed E-state index contributed by atoms with van der Waals surface area (Å²) in [5, 5.41) is 6.86. The normalized spacial score (nSPS) is 21.4. The van der Waals surface area contributed by atoms with Crippen molar-refractivity contribution in [2.75, 3.05) is 26.7 Å². The standard InChI is InChI=1S/C16H26N2O/c1-11-7-12(2)16(13(3)8-11)15(17-4)9-14-10-18-5-6-19-14/h7-8,14-15,17-18H,5-6,9-10H2,1-4H3. The molecule has 19 heavy (non-hydrogen) atoms. The van der Waals surface area contributed by atoms with Crippen molar-refractivity contribution >= 4 is 0 Å². The molecule has 0 radical (unpaired) electrons. The molecule has 1 heterocycles. The van der Waals surface area contributed by atoms with Crippen LogP contribution in [0.15, 0.2) is 12.1 Å². The number of nitrogens with one attached hydrogen (secondary N) is 2. The van der Waals surface area contributed by atoms with Gasteiger partial charge < -0.3 is 15.4 Å². The van der Waals surface area contributed by atoms with Gasteiger partial charge in [-0.15, -0.1) is 0 Å². The van der Waals surface area contributed by atoms with Gasteiger partial charge in [0, 0.05) is 19.1 Å². The van der Waals surface area contributed by atoms with Crippen LogP contribution in [0.5, 0.6) is 0 Å². The highest BCUT2D eigenvalue weighted by molar-refractivity contribution is 5.39. The molecule has 2 N–H and O–H groups in total. The average molecular weight is 262 g/mol. The summed E-state index contributed by atoms with van der Waals surface area (Å²) in [6, 6.07) is 4.91. The van der Waals surface area contributed by atoms with Crippen molar-refractivity contribution in [3.63, 3.8) is 0 Å². The van der Waals surface area contributed by atoms with E-state index >= 15 is 0 Å². The van der Waals surface area contributed by atoms with Gasteiger partial charge >= 0.3 is 0 Å². The lowest BCUT2D eigenvalue weighted by Gasteiger charge is -2.29. The van der Waals surface area contributed by atoms with Crippen molar-refractivity contribution in [3.05, 3.63) is 34.4 Å². The first-order chi connectivity index (χ1) is 9.11. The molecule has 0 saturated carbocycles. The van der Waals surface area contributed by atoms with Crippen LogP contribution in [0.4, 0.5) is 0 Å². The fraction of sp³-hybridized carbons (Fsp3) is 0.625. The zero-order valence-corrected chi connectivity index (χ0v) is 12.5. The summed E-state index contributed by atoms with van der Waals surface area (Å²) in [7, 11) is 2.04. The summed E-state index contributed by atoms with van der Waals surface area (Å²) < 4.78 is 5.83. The highest BCUT2D eigenvalue weighted by atomic mass is 16.5. The smallest absolute Gasteiger partial charge is 0.0718 e. The minimum atomic E-state index is 0.311. The van der Waals surface area contributed by atoms with Gasteiger partial charge in [0.05, 0.1) is 12.7 Å². The summed E-state index contributed by atoms with van der Waals surface area (Å²) >= 11 is 0. The van der Waals surface area contributed by atoms with E-state index in [0.717, 1.165) is 26.1 Å². The fourth-order valence-electron chi connectivity index (χ4n) is 3.15. The molecule has 0 spiro atoms. The van der Waals surface area contributed by atoms with Gasteiger partial charge in [-0.3, -0.25) is 0 Å². The molecule has 0 aromatic heterocycles. The molecule has 1 aromatic rings. The maximum atomic E-state index is 5.83. The summed E-state index contributed by atoms with van der Waals surface area (Å²) in [6.07, 6.45) is 1.33. The quantitative estimate of drug-likeness (QED) is 0.873. The van der Waals surface area contributed by atoms with Crippen LogP contribution in [0.2, 0.25) is 0 Å². The van der Waals surface area contributed by atoms with Crippen molar-refractivity contribution in [1.82, 2.24) is 10.6 Å². The first-order valence-corrected chi connectivity index (χ1v) is 7.19. The molecule has 1 aliphatic heterocycles. The Balaban J connectivity index is 2.16. The molecule has 2 unspecified atom stereocenters. The highest BCUT2D eigenvalue weighted by Gasteiger charge is 2.22. The van der Waals surface area contributed by atoms with Crippen LogP contribution < -0.4 is 10.6 Å². The Morgan fingerprint density at radius 1 is 1.32 bits per heavy atom. The molecule has 2 rings (SSSR count). The fourth-order valence-corrected chi connectivity index (χ4v) is 3.15. The van der Waals surface area contributed by atoms with Crippen LogP contribution in [0.3, 0.4) is 0 Å². The van der Waals surface area contributed by atoms with Gasteiger partial charge in [-0.2, -0.15) is 0 Å². The second-order valence-electron chi connectivity index (χ2n) is 5.59. The largest absolute Gasteiger partial charge is 0.376 e. The lowest BCUT2D eigenvalue weighted by atomic mass is 9.91. The Hall–Kier alpha value is -0.900. The van der Waals surface area contributed by atoms with Crippen LogP contribution in [0, 0.1) is 20.8 Å². The zero-order chi connectivity index (χ0) is 13.8. The van der Waals surface area contributed by atoms with Gasteiger partial charge in [-0.25, -0.2) is 0 Å². The monoisotopic (exact) mass is 262 g/mol. The first-order valence-electron chi connectivity index (χ1n) is 7.19. The van der Waals surface area contributed by atoms with E-state index in [2.05, 4.69) is 43.5 Å². The maximum absolute atomic E-state index is 5.83. The van der Waals surface area contributed by atoms with Crippen LogP contribution >= 0.6 is 0 Å². The van der Waals surface area contributed by atoms with Crippen LogP contribution in [0.25, 0.3) is 0 Å². The predicted molar refractivity (Wildman–Crippen MR) is 79.7 cm³/mol. The summed E-state index contributed by atoms with van der Waals surface area (Å²) in [5.41, 5.74) is 5.52. The molecule has 2 atom stereocenters. The summed E-state index contributed by atoms with van der Waals surface area (Å²) in [5.74, 6) is 0. The molecule has 3 heteroatoms. The van der Waals surface area contributed by atoms with Crippen LogP contribution in [-0.2, 0) is 4.74 Å². The molecule has 1 aromatic carbocycles. The van der Waals surface area contributed by atoms with Gasteiger partial charge in [-0.1, -0.05) is 17.7 Å². The van der Waals surface area contributed by atoms with E-state index < -0.39 is 0 Å². The average Bonchev–Trinajstić information content (AvgIpc) is 2.37. The molecular formula is C16H26N2O. The van der Waals surface area contributed by atoms with Crippen LogP contribution in [0.1, 0.15) is 34.7 Å². The molecule has 3 nitrogen and oxygen atoms in total. The number of benzene rings is 1. The van der Waals surface area contributed by atoms with Gasteiger partial charge in [0.2, 0.25) is 0 Å². The molecule has 0 aliphatic carbocycles. The van der Waals surface area contributed by atoms with Crippen molar-refractivity contribution in [2.24, 2.45) is 0 Å². The van der Waals surface area contributed by atoms with E-state index in [1.807, 2.05) is 7.05 Å². The highest BCUT2D eigenvalue weighted by Crippen LogP contribution is 2.27. The maximum Gasteiger partial charge on any atom is 0.0718 e.